The molecule has 0 aliphatic carbocycles. The maximum atomic E-state index is 14.0. The SMILES string of the molecule is O=C(c1cccc2cc[nH]c12)N1CCC(F)(C(=O)O)C1. The van der Waals surface area contributed by atoms with Gasteiger partial charge < -0.3 is 15.0 Å². The van der Waals surface area contributed by atoms with Crippen molar-refractivity contribution in [3.05, 3.63) is 36.0 Å². The molecular formula is C14H13FN2O3. The van der Waals surface area contributed by atoms with E-state index in [0.717, 1.165) is 5.39 Å². The van der Waals surface area contributed by atoms with E-state index in [4.69, 9.17) is 5.11 Å². The first-order chi connectivity index (χ1) is 9.51. The van der Waals surface area contributed by atoms with Crippen molar-refractivity contribution < 1.29 is 19.1 Å². The highest BCUT2D eigenvalue weighted by Gasteiger charge is 2.47. The number of likely N-dealkylation sites (tertiary alicyclic amines) is 1. The number of hydrogen-bond acceptors (Lipinski definition) is 2. The van der Waals surface area contributed by atoms with Crippen LogP contribution in [0.5, 0.6) is 0 Å². The van der Waals surface area contributed by atoms with Gasteiger partial charge in [0.05, 0.1) is 17.6 Å². The zero-order valence-electron chi connectivity index (χ0n) is 10.6. The highest BCUT2D eigenvalue weighted by atomic mass is 19.1. The third-order valence-electron chi connectivity index (χ3n) is 3.71. The molecule has 6 heteroatoms. The summed E-state index contributed by atoms with van der Waals surface area (Å²) < 4.78 is 14.0. The van der Waals surface area contributed by atoms with Crippen molar-refractivity contribution in [1.29, 1.82) is 0 Å². The lowest BCUT2D eigenvalue weighted by Crippen LogP contribution is -2.38. The van der Waals surface area contributed by atoms with Crippen LogP contribution in [-0.2, 0) is 4.79 Å². The van der Waals surface area contributed by atoms with E-state index in [1.165, 1.54) is 4.90 Å². The van der Waals surface area contributed by atoms with Crippen LogP contribution in [0.25, 0.3) is 10.9 Å². The van der Waals surface area contributed by atoms with Crippen molar-refractivity contribution in [3.63, 3.8) is 0 Å². The average molecular weight is 276 g/mol. The lowest BCUT2D eigenvalue weighted by atomic mass is 10.1. The van der Waals surface area contributed by atoms with Crippen LogP contribution in [0.4, 0.5) is 4.39 Å². The van der Waals surface area contributed by atoms with E-state index >= 15 is 0 Å². The number of alkyl halides is 1. The number of aliphatic carboxylic acids is 1. The van der Waals surface area contributed by atoms with Crippen LogP contribution in [0.15, 0.2) is 30.5 Å². The van der Waals surface area contributed by atoms with E-state index < -0.39 is 18.2 Å². The zero-order chi connectivity index (χ0) is 14.3. The predicted molar refractivity (Wildman–Crippen MR) is 70.3 cm³/mol. The second kappa shape index (κ2) is 4.33. The van der Waals surface area contributed by atoms with Crippen molar-refractivity contribution in [2.45, 2.75) is 12.1 Å². The molecule has 1 fully saturated rings. The number of nitrogens with one attached hydrogen (secondary N) is 1. The monoisotopic (exact) mass is 276 g/mol. The fourth-order valence-electron chi connectivity index (χ4n) is 2.55. The minimum absolute atomic E-state index is 0.110. The number of nitrogens with zero attached hydrogens (tertiary/aromatic N) is 1. The number of halogens is 1. The minimum Gasteiger partial charge on any atom is -0.479 e. The van der Waals surface area contributed by atoms with Crippen LogP contribution < -0.4 is 0 Å². The summed E-state index contributed by atoms with van der Waals surface area (Å²) >= 11 is 0. The Hall–Kier alpha value is -2.37. The summed E-state index contributed by atoms with van der Waals surface area (Å²) in [6, 6.07) is 7.11. The summed E-state index contributed by atoms with van der Waals surface area (Å²) in [6.07, 6.45) is 1.55. The van der Waals surface area contributed by atoms with Gasteiger partial charge in [-0.1, -0.05) is 12.1 Å². The Labute approximate surface area is 114 Å². The fourth-order valence-corrected chi connectivity index (χ4v) is 2.55. The second-order valence-electron chi connectivity index (χ2n) is 4.99. The number of carboxylic acids is 1. The number of amides is 1. The zero-order valence-corrected chi connectivity index (χ0v) is 10.6. The molecule has 2 N–H and O–H groups in total. The summed E-state index contributed by atoms with van der Waals surface area (Å²) in [5.74, 6) is -1.86. The van der Waals surface area contributed by atoms with Gasteiger partial charge in [0.2, 0.25) is 5.67 Å². The number of aromatic nitrogens is 1. The van der Waals surface area contributed by atoms with Gasteiger partial charge >= 0.3 is 5.97 Å². The molecule has 2 heterocycles. The van der Waals surface area contributed by atoms with E-state index in [1.807, 2.05) is 12.1 Å². The Kier molecular flexibility index (Phi) is 2.74. The molecule has 1 aliphatic rings. The fraction of sp³-hybridized carbons (Fsp3) is 0.286. The topological polar surface area (TPSA) is 73.4 Å². The van der Waals surface area contributed by atoms with Gasteiger partial charge in [0.15, 0.2) is 0 Å². The summed E-state index contributed by atoms with van der Waals surface area (Å²) in [5, 5.41) is 9.75. The third kappa shape index (κ3) is 1.84. The number of carbonyl (C=O) groups excluding carboxylic acids is 1. The van der Waals surface area contributed by atoms with Crippen molar-refractivity contribution in [3.8, 4) is 0 Å². The lowest BCUT2D eigenvalue weighted by molar-refractivity contribution is -0.149. The molecule has 1 unspecified atom stereocenters. The number of H-pyrrole nitrogens is 1. The van der Waals surface area contributed by atoms with Gasteiger partial charge in [-0.25, -0.2) is 9.18 Å². The van der Waals surface area contributed by atoms with E-state index in [2.05, 4.69) is 4.98 Å². The molecule has 0 spiro atoms. The van der Waals surface area contributed by atoms with Gasteiger partial charge in [0, 0.05) is 24.5 Å². The Bertz CT molecular complexity index is 697. The van der Waals surface area contributed by atoms with Gasteiger partial charge in [-0.15, -0.1) is 0 Å². The van der Waals surface area contributed by atoms with Crippen molar-refractivity contribution in [2.75, 3.05) is 13.1 Å². The Morgan fingerprint density at radius 3 is 2.85 bits per heavy atom. The number of fused-ring (bicyclic) bond motifs is 1. The van der Waals surface area contributed by atoms with Gasteiger partial charge in [0.1, 0.15) is 0 Å². The summed E-state index contributed by atoms with van der Waals surface area (Å²) in [6.45, 7) is -0.295. The summed E-state index contributed by atoms with van der Waals surface area (Å²) in [4.78, 5) is 27.5. The predicted octanol–water partition coefficient (Wildman–Crippen LogP) is 1.81. The summed E-state index contributed by atoms with van der Waals surface area (Å²) in [7, 11) is 0. The molecular weight excluding hydrogens is 263 g/mol. The molecule has 5 nitrogen and oxygen atoms in total. The molecule has 0 saturated carbocycles. The third-order valence-corrected chi connectivity index (χ3v) is 3.71. The van der Waals surface area contributed by atoms with E-state index in [0.29, 0.717) is 11.1 Å². The number of aromatic amines is 1. The number of rotatable bonds is 2. The molecule has 1 aromatic carbocycles. The van der Waals surface area contributed by atoms with Crippen LogP contribution >= 0.6 is 0 Å². The molecule has 20 heavy (non-hydrogen) atoms. The molecule has 3 rings (SSSR count). The number of carboxylic acid groups (broad SMARTS) is 1. The van der Waals surface area contributed by atoms with Gasteiger partial charge in [-0.3, -0.25) is 4.79 Å². The van der Waals surface area contributed by atoms with E-state index in [9.17, 15) is 14.0 Å². The van der Waals surface area contributed by atoms with Crippen LogP contribution in [0.2, 0.25) is 0 Å². The van der Waals surface area contributed by atoms with Crippen LogP contribution in [-0.4, -0.2) is 45.6 Å². The van der Waals surface area contributed by atoms with Gasteiger partial charge in [0.25, 0.3) is 5.91 Å². The highest BCUT2D eigenvalue weighted by molar-refractivity contribution is 6.06. The standard InChI is InChI=1S/C14H13FN2O3/c15-14(13(19)20)5-7-17(8-14)12(18)10-3-1-2-9-4-6-16-11(9)10/h1-4,6,16H,5,7-8H2,(H,19,20). The Balaban J connectivity index is 1.91. The number of para-hydroxylation sites is 1. The smallest absolute Gasteiger partial charge is 0.343 e. The molecule has 104 valence electrons. The molecule has 1 atom stereocenters. The minimum atomic E-state index is -2.33. The van der Waals surface area contributed by atoms with Gasteiger partial charge in [-0.05, 0) is 12.1 Å². The molecule has 1 aliphatic heterocycles. The maximum Gasteiger partial charge on any atom is 0.343 e. The molecule has 1 saturated heterocycles. The first-order valence-corrected chi connectivity index (χ1v) is 6.29. The van der Waals surface area contributed by atoms with Gasteiger partial charge in [-0.2, -0.15) is 0 Å². The van der Waals surface area contributed by atoms with Crippen molar-refractivity contribution in [2.24, 2.45) is 0 Å². The maximum absolute atomic E-state index is 14.0. The number of hydrogen-bond donors (Lipinski definition) is 2. The molecule has 2 aromatic rings. The van der Waals surface area contributed by atoms with Crippen LogP contribution in [0.3, 0.4) is 0 Å². The lowest BCUT2D eigenvalue weighted by Gasteiger charge is -2.18. The Morgan fingerprint density at radius 2 is 2.15 bits per heavy atom. The average Bonchev–Trinajstić information content (AvgIpc) is 3.04. The van der Waals surface area contributed by atoms with Crippen molar-refractivity contribution in [1.82, 2.24) is 9.88 Å². The molecule has 0 radical (unpaired) electrons. The number of carbonyl (C=O) groups is 2. The second-order valence-corrected chi connectivity index (χ2v) is 4.99. The largest absolute Gasteiger partial charge is 0.479 e. The van der Waals surface area contributed by atoms with E-state index in [-0.39, 0.29) is 18.9 Å². The first kappa shape index (κ1) is 12.7. The van der Waals surface area contributed by atoms with Crippen LogP contribution in [0.1, 0.15) is 16.8 Å². The van der Waals surface area contributed by atoms with Crippen molar-refractivity contribution >= 4 is 22.8 Å². The highest BCUT2D eigenvalue weighted by Crippen LogP contribution is 2.28. The molecule has 1 aromatic heterocycles. The normalized spacial score (nSPS) is 22.4. The first-order valence-electron chi connectivity index (χ1n) is 6.29. The summed E-state index contributed by atoms with van der Waals surface area (Å²) in [5.41, 5.74) is -1.22. The number of benzene rings is 1. The quantitative estimate of drug-likeness (QED) is 0.878. The Morgan fingerprint density at radius 1 is 1.35 bits per heavy atom. The van der Waals surface area contributed by atoms with E-state index in [1.54, 1.807) is 18.3 Å². The van der Waals surface area contributed by atoms with Crippen LogP contribution in [0, 0.1) is 0 Å². The molecule has 0 bridgehead atoms. The molecule has 1 amide bonds.